The summed E-state index contributed by atoms with van der Waals surface area (Å²) in [5, 5.41) is 8.21. The van der Waals surface area contributed by atoms with Gasteiger partial charge in [0.2, 0.25) is 0 Å². The van der Waals surface area contributed by atoms with E-state index in [0.29, 0.717) is 6.04 Å². The fourth-order valence-electron chi connectivity index (χ4n) is 2.39. The van der Waals surface area contributed by atoms with Crippen LogP contribution in [0.2, 0.25) is 0 Å². The first-order chi connectivity index (χ1) is 7.81. The Morgan fingerprint density at radius 3 is 2.88 bits per heavy atom. The van der Waals surface area contributed by atoms with Gasteiger partial charge in [-0.1, -0.05) is 13.8 Å². The first-order valence-electron chi connectivity index (χ1n) is 6.55. The van der Waals surface area contributed by atoms with Gasteiger partial charge in [0.1, 0.15) is 0 Å². The number of thiophene rings is 1. The molecular weight excluding hydrogens is 214 g/mol. The van der Waals surface area contributed by atoms with E-state index in [2.05, 4.69) is 36.0 Å². The lowest BCUT2D eigenvalue weighted by Gasteiger charge is -2.25. The van der Waals surface area contributed by atoms with Gasteiger partial charge in [0.05, 0.1) is 0 Å². The van der Waals surface area contributed by atoms with Gasteiger partial charge in [-0.2, -0.15) is 11.3 Å². The Bertz CT molecular complexity index is 290. The van der Waals surface area contributed by atoms with Crippen molar-refractivity contribution < 1.29 is 0 Å². The molecule has 0 amide bonds. The van der Waals surface area contributed by atoms with Crippen LogP contribution in [0.3, 0.4) is 0 Å². The minimum Gasteiger partial charge on any atom is -0.313 e. The predicted octanol–water partition coefficient (Wildman–Crippen LogP) is 3.70. The fourth-order valence-corrected chi connectivity index (χ4v) is 3.07. The van der Waals surface area contributed by atoms with E-state index >= 15 is 0 Å². The second kappa shape index (κ2) is 5.83. The van der Waals surface area contributed by atoms with Crippen LogP contribution in [0.15, 0.2) is 16.8 Å². The Labute approximate surface area is 103 Å². The smallest absolute Gasteiger partial charge is 0.0136 e. The number of rotatable bonds is 7. The van der Waals surface area contributed by atoms with Crippen LogP contribution in [0.25, 0.3) is 0 Å². The minimum absolute atomic E-state index is 0.682. The monoisotopic (exact) mass is 237 g/mol. The SMILES string of the molecule is CCCNC(Cc1ccsc1)C(C)C1CC1. The summed E-state index contributed by atoms with van der Waals surface area (Å²) in [7, 11) is 0. The zero-order chi connectivity index (χ0) is 11.4. The largest absolute Gasteiger partial charge is 0.313 e. The van der Waals surface area contributed by atoms with Crippen molar-refractivity contribution in [1.29, 1.82) is 0 Å². The maximum Gasteiger partial charge on any atom is 0.0136 e. The molecule has 2 heteroatoms. The molecule has 1 aliphatic rings. The third kappa shape index (κ3) is 3.33. The van der Waals surface area contributed by atoms with Crippen LogP contribution in [0.4, 0.5) is 0 Å². The van der Waals surface area contributed by atoms with Gasteiger partial charge < -0.3 is 5.32 Å². The van der Waals surface area contributed by atoms with Crippen LogP contribution >= 0.6 is 11.3 Å². The number of nitrogens with one attached hydrogen (secondary N) is 1. The second-order valence-electron chi connectivity index (χ2n) is 5.09. The fraction of sp³-hybridized carbons (Fsp3) is 0.714. The highest BCUT2D eigenvalue weighted by Crippen LogP contribution is 2.38. The minimum atomic E-state index is 0.682. The van der Waals surface area contributed by atoms with Gasteiger partial charge in [-0.3, -0.25) is 0 Å². The lowest BCUT2D eigenvalue weighted by molar-refractivity contribution is 0.340. The van der Waals surface area contributed by atoms with Gasteiger partial charge in [-0.15, -0.1) is 0 Å². The van der Waals surface area contributed by atoms with Crippen molar-refractivity contribution in [2.75, 3.05) is 6.54 Å². The van der Waals surface area contributed by atoms with Crippen LogP contribution in [-0.2, 0) is 6.42 Å². The predicted molar refractivity (Wildman–Crippen MR) is 72.0 cm³/mol. The summed E-state index contributed by atoms with van der Waals surface area (Å²) >= 11 is 1.81. The molecule has 0 saturated heterocycles. The van der Waals surface area contributed by atoms with Gasteiger partial charge in [-0.05, 0) is 66.5 Å². The molecule has 0 radical (unpaired) electrons. The Kier molecular flexibility index (Phi) is 4.42. The van der Waals surface area contributed by atoms with E-state index in [9.17, 15) is 0 Å². The molecule has 1 saturated carbocycles. The first kappa shape index (κ1) is 12.1. The van der Waals surface area contributed by atoms with Crippen LogP contribution in [-0.4, -0.2) is 12.6 Å². The number of hydrogen-bond donors (Lipinski definition) is 1. The quantitative estimate of drug-likeness (QED) is 0.762. The van der Waals surface area contributed by atoms with Crippen molar-refractivity contribution in [3.05, 3.63) is 22.4 Å². The molecule has 16 heavy (non-hydrogen) atoms. The van der Waals surface area contributed by atoms with Gasteiger partial charge in [-0.25, -0.2) is 0 Å². The summed E-state index contributed by atoms with van der Waals surface area (Å²) in [4.78, 5) is 0. The Morgan fingerprint density at radius 1 is 1.50 bits per heavy atom. The van der Waals surface area contributed by atoms with Gasteiger partial charge >= 0.3 is 0 Å². The molecule has 2 atom stereocenters. The van der Waals surface area contributed by atoms with Crippen molar-refractivity contribution in [3.63, 3.8) is 0 Å². The maximum atomic E-state index is 3.73. The van der Waals surface area contributed by atoms with Crippen molar-refractivity contribution in [2.24, 2.45) is 11.8 Å². The Morgan fingerprint density at radius 2 is 2.31 bits per heavy atom. The van der Waals surface area contributed by atoms with Gasteiger partial charge in [0, 0.05) is 6.04 Å². The summed E-state index contributed by atoms with van der Waals surface area (Å²) in [6.45, 7) is 5.83. The molecule has 2 unspecified atom stereocenters. The Hall–Kier alpha value is -0.340. The molecule has 2 rings (SSSR count). The molecular formula is C14H23NS. The molecule has 1 nitrogen and oxygen atoms in total. The molecule has 1 heterocycles. The van der Waals surface area contributed by atoms with E-state index in [1.807, 2.05) is 11.3 Å². The topological polar surface area (TPSA) is 12.0 Å². The average molecular weight is 237 g/mol. The van der Waals surface area contributed by atoms with Crippen LogP contribution < -0.4 is 5.32 Å². The molecule has 1 N–H and O–H groups in total. The van der Waals surface area contributed by atoms with Crippen molar-refractivity contribution >= 4 is 11.3 Å². The highest BCUT2D eigenvalue weighted by molar-refractivity contribution is 7.07. The molecule has 0 spiro atoms. The van der Waals surface area contributed by atoms with E-state index in [0.717, 1.165) is 18.4 Å². The van der Waals surface area contributed by atoms with E-state index in [4.69, 9.17) is 0 Å². The van der Waals surface area contributed by atoms with Crippen LogP contribution in [0.5, 0.6) is 0 Å². The molecule has 1 aromatic heterocycles. The summed E-state index contributed by atoms with van der Waals surface area (Å²) in [6.07, 6.45) is 5.35. The molecule has 0 aliphatic heterocycles. The van der Waals surface area contributed by atoms with E-state index < -0.39 is 0 Å². The summed E-state index contributed by atoms with van der Waals surface area (Å²) in [5.41, 5.74) is 1.51. The highest BCUT2D eigenvalue weighted by atomic mass is 32.1. The lowest BCUT2D eigenvalue weighted by Crippen LogP contribution is -2.38. The second-order valence-corrected chi connectivity index (χ2v) is 5.87. The Balaban J connectivity index is 1.90. The molecule has 0 aromatic carbocycles. The van der Waals surface area contributed by atoms with Crippen molar-refractivity contribution in [3.8, 4) is 0 Å². The van der Waals surface area contributed by atoms with E-state index in [1.54, 1.807) is 0 Å². The molecule has 1 fully saturated rings. The molecule has 1 aromatic rings. The summed E-state index contributed by atoms with van der Waals surface area (Å²) in [6, 6.07) is 2.95. The van der Waals surface area contributed by atoms with Gasteiger partial charge in [0.15, 0.2) is 0 Å². The zero-order valence-electron chi connectivity index (χ0n) is 10.4. The van der Waals surface area contributed by atoms with Crippen molar-refractivity contribution in [2.45, 2.75) is 45.6 Å². The van der Waals surface area contributed by atoms with Crippen LogP contribution in [0, 0.1) is 11.8 Å². The lowest BCUT2D eigenvalue weighted by atomic mass is 9.92. The number of hydrogen-bond acceptors (Lipinski definition) is 2. The summed E-state index contributed by atoms with van der Waals surface area (Å²) < 4.78 is 0. The standard InChI is InChI=1S/C14H23NS/c1-3-7-15-14(11(2)13-4-5-13)9-12-6-8-16-10-12/h6,8,10-11,13-15H,3-5,7,9H2,1-2H3. The zero-order valence-corrected chi connectivity index (χ0v) is 11.2. The van der Waals surface area contributed by atoms with E-state index in [1.165, 1.54) is 31.2 Å². The molecule has 90 valence electrons. The molecule has 1 aliphatic carbocycles. The first-order valence-corrected chi connectivity index (χ1v) is 7.50. The normalized spacial score (nSPS) is 19.6. The van der Waals surface area contributed by atoms with E-state index in [-0.39, 0.29) is 0 Å². The highest BCUT2D eigenvalue weighted by Gasteiger charge is 2.32. The molecule has 0 bridgehead atoms. The maximum absolute atomic E-state index is 3.73. The third-order valence-corrected chi connectivity index (χ3v) is 4.42. The van der Waals surface area contributed by atoms with Crippen molar-refractivity contribution in [1.82, 2.24) is 5.32 Å². The van der Waals surface area contributed by atoms with Gasteiger partial charge in [0.25, 0.3) is 0 Å². The third-order valence-electron chi connectivity index (χ3n) is 3.69. The summed E-state index contributed by atoms with van der Waals surface area (Å²) in [5.74, 6) is 1.83. The average Bonchev–Trinajstić information content (AvgIpc) is 3.02. The van der Waals surface area contributed by atoms with Crippen LogP contribution in [0.1, 0.15) is 38.7 Å².